The lowest BCUT2D eigenvalue weighted by Crippen LogP contribution is -2.39. The highest BCUT2D eigenvalue weighted by Gasteiger charge is 2.35. The zero-order valence-electron chi connectivity index (χ0n) is 15.4. The molecule has 138 valence electrons. The predicted molar refractivity (Wildman–Crippen MR) is 103 cm³/mol. The molecule has 1 fully saturated rings. The third-order valence-electron chi connectivity index (χ3n) is 5.29. The molecule has 0 saturated carbocycles. The van der Waals surface area contributed by atoms with E-state index in [-0.39, 0.29) is 11.9 Å². The molecule has 0 aliphatic carbocycles. The van der Waals surface area contributed by atoms with Crippen molar-refractivity contribution in [1.29, 1.82) is 0 Å². The number of hydrogen-bond acceptors (Lipinski definition) is 4. The maximum Gasteiger partial charge on any atom is 0.274 e. The average Bonchev–Trinajstić information content (AvgIpc) is 3.42. The van der Waals surface area contributed by atoms with Crippen molar-refractivity contribution in [3.8, 4) is 5.82 Å². The molecule has 2 atom stereocenters. The van der Waals surface area contributed by atoms with Gasteiger partial charge in [0, 0.05) is 30.9 Å². The Balaban J connectivity index is 1.55. The normalized spacial score (nSPS) is 17.8. The summed E-state index contributed by atoms with van der Waals surface area (Å²) in [5.74, 6) is 0.908. The highest BCUT2D eigenvalue weighted by Crippen LogP contribution is 2.34. The van der Waals surface area contributed by atoms with Gasteiger partial charge in [-0.15, -0.1) is 0 Å². The van der Waals surface area contributed by atoms with E-state index in [0.717, 1.165) is 25.8 Å². The van der Waals surface area contributed by atoms with Crippen molar-refractivity contribution >= 4 is 5.91 Å². The third-order valence-corrected chi connectivity index (χ3v) is 5.29. The van der Waals surface area contributed by atoms with Crippen LogP contribution in [0, 0.1) is 0 Å². The van der Waals surface area contributed by atoms with Crippen LogP contribution in [-0.2, 0) is 0 Å². The number of rotatable bonds is 5. The summed E-state index contributed by atoms with van der Waals surface area (Å²) in [7, 11) is 0. The second-order valence-electron chi connectivity index (χ2n) is 6.84. The number of likely N-dealkylation sites (tertiary alicyclic amines) is 1. The van der Waals surface area contributed by atoms with Gasteiger partial charge in [0.15, 0.2) is 5.82 Å². The predicted octanol–water partition coefficient (Wildman–Crippen LogP) is 3.46. The largest absolute Gasteiger partial charge is 0.334 e. The quantitative estimate of drug-likeness (QED) is 0.698. The molecule has 1 saturated heterocycles. The molecule has 1 aromatic carbocycles. The number of amides is 1. The summed E-state index contributed by atoms with van der Waals surface area (Å²) in [6.45, 7) is 2.97. The molecule has 6 nitrogen and oxygen atoms in total. The Morgan fingerprint density at radius 3 is 2.70 bits per heavy atom. The number of benzene rings is 1. The Morgan fingerprint density at radius 2 is 2.04 bits per heavy atom. The topological polar surface area (TPSA) is 63.9 Å². The molecule has 1 aliphatic rings. The van der Waals surface area contributed by atoms with Gasteiger partial charge in [0.2, 0.25) is 0 Å². The molecule has 2 aromatic heterocycles. The smallest absolute Gasteiger partial charge is 0.274 e. The monoisotopic (exact) mass is 361 g/mol. The summed E-state index contributed by atoms with van der Waals surface area (Å²) in [5, 5.41) is 4.14. The summed E-state index contributed by atoms with van der Waals surface area (Å²) in [5.41, 5.74) is 1.69. The highest BCUT2D eigenvalue weighted by atomic mass is 16.2. The van der Waals surface area contributed by atoms with Crippen LogP contribution in [0.4, 0.5) is 0 Å². The van der Waals surface area contributed by atoms with E-state index in [0.29, 0.717) is 17.4 Å². The SMILES string of the molecule is CCC(c1ccccc1)C1CCCN1C(=O)c1cnc(-n2cccn2)cn1. The van der Waals surface area contributed by atoms with E-state index in [1.807, 2.05) is 17.0 Å². The van der Waals surface area contributed by atoms with E-state index in [4.69, 9.17) is 0 Å². The molecule has 0 N–H and O–H groups in total. The first kappa shape index (κ1) is 17.4. The number of hydrogen-bond donors (Lipinski definition) is 0. The summed E-state index contributed by atoms with van der Waals surface area (Å²) in [4.78, 5) is 23.8. The minimum atomic E-state index is -0.0357. The summed E-state index contributed by atoms with van der Waals surface area (Å²) >= 11 is 0. The zero-order chi connectivity index (χ0) is 18.6. The lowest BCUT2D eigenvalue weighted by atomic mass is 9.87. The number of carbonyl (C=O) groups excluding carboxylic acids is 1. The Hall–Kier alpha value is -3.02. The van der Waals surface area contributed by atoms with Crippen LogP contribution in [-0.4, -0.2) is 43.1 Å². The first-order valence-corrected chi connectivity index (χ1v) is 9.46. The molecule has 0 spiro atoms. The van der Waals surface area contributed by atoms with E-state index in [9.17, 15) is 4.79 Å². The van der Waals surface area contributed by atoms with Crippen LogP contribution in [0.3, 0.4) is 0 Å². The van der Waals surface area contributed by atoms with Gasteiger partial charge in [0.25, 0.3) is 5.91 Å². The van der Waals surface area contributed by atoms with Crippen molar-refractivity contribution in [1.82, 2.24) is 24.6 Å². The second kappa shape index (κ2) is 7.70. The molecule has 1 aliphatic heterocycles. The highest BCUT2D eigenvalue weighted by molar-refractivity contribution is 5.92. The lowest BCUT2D eigenvalue weighted by molar-refractivity contribution is 0.0708. The molecule has 0 radical (unpaired) electrons. The zero-order valence-corrected chi connectivity index (χ0v) is 15.4. The molecule has 4 rings (SSSR count). The van der Waals surface area contributed by atoms with Gasteiger partial charge in [-0.25, -0.2) is 14.6 Å². The van der Waals surface area contributed by atoms with Crippen LogP contribution in [0.1, 0.15) is 48.2 Å². The average molecular weight is 361 g/mol. The molecular formula is C21H23N5O. The summed E-state index contributed by atoms with van der Waals surface area (Å²) in [6, 6.07) is 12.5. The molecule has 0 bridgehead atoms. The molecule has 2 unspecified atom stereocenters. The number of nitrogens with zero attached hydrogens (tertiary/aromatic N) is 5. The van der Waals surface area contributed by atoms with Crippen molar-refractivity contribution < 1.29 is 4.79 Å². The van der Waals surface area contributed by atoms with Crippen LogP contribution in [0.2, 0.25) is 0 Å². The van der Waals surface area contributed by atoms with Crippen molar-refractivity contribution in [3.63, 3.8) is 0 Å². The van der Waals surface area contributed by atoms with Gasteiger partial charge in [-0.2, -0.15) is 5.10 Å². The maximum atomic E-state index is 13.1. The summed E-state index contributed by atoms with van der Waals surface area (Å²) in [6.07, 6.45) is 9.69. The van der Waals surface area contributed by atoms with Gasteiger partial charge in [0.1, 0.15) is 5.69 Å². The van der Waals surface area contributed by atoms with Gasteiger partial charge in [-0.1, -0.05) is 37.3 Å². The van der Waals surface area contributed by atoms with Crippen molar-refractivity contribution in [2.75, 3.05) is 6.54 Å². The molecule has 3 aromatic rings. The fourth-order valence-electron chi connectivity index (χ4n) is 3.99. The second-order valence-corrected chi connectivity index (χ2v) is 6.84. The summed E-state index contributed by atoms with van der Waals surface area (Å²) < 4.78 is 1.63. The Bertz CT molecular complexity index is 877. The Morgan fingerprint density at radius 1 is 1.19 bits per heavy atom. The van der Waals surface area contributed by atoms with Gasteiger partial charge in [0.05, 0.1) is 12.4 Å². The van der Waals surface area contributed by atoms with Crippen LogP contribution in [0.15, 0.2) is 61.2 Å². The van der Waals surface area contributed by atoms with E-state index >= 15 is 0 Å². The van der Waals surface area contributed by atoms with Crippen molar-refractivity contribution in [3.05, 3.63) is 72.4 Å². The van der Waals surface area contributed by atoms with Crippen molar-refractivity contribution in [2.45, 2.75) is 38.1 Å². The van der Waals surface area contributed by atoms with E-state index in [1.165, 1.54) is 5.56 Å². The van der Waals surface area contributed by atoms with E-state index in [1.54, 1.807) is 29.5 Å². The van der Waals surface area contributed by atoms with E-state index in [2.05, 4.69) is 46.3 Å². The van der Waals surface area contributed by atoms with Gasteiger partial charge >= 0.3 is 0 Å². The molecule has 3 heterocycles. The fourth-order valence-corrected chi connectivity index (χ4v) is 3.99. The van der Waals surface area contributed by atoms with Crippen LogP contribution in [0.25, 0.3) is 5.82 Å². The van der Waals surface area contributed by atoms with Crippen LogP contribution in [0.5, 0.6) is 0 Å². The molecule has 6 heteroatoms. The van der Waals surface area contributed by atoms with Gasteiger partial charge < -0.3 is 4.90 Å². The molecular weight excluding hydrogens is 338 g/mol. The first-order chi connectivity index (χ1) is 13.3. The fraction of sp³-hybridized carbons (Fsp3) is 0.333. The van der Waals surface area contributed by atoms with Crippen LogP contribution >= 0.6 is 0 Å². The van der Waals surface area contributed by atoms with Gasteiger partial charge in [-0.3, -0.25) is 4.79 Å². The lowest BCUT2D eigenvalue weighted by Gasteiger charge is -2.31. The number of carbonyl (C=O) groups is 1. The Labute approximate surface area is 158 Å². The first-order valence-electron chi connectivity index (χ1n) is 9.46. The molecule has 27 heavy (non-hydrogen) atoms. The maximum absolute atomic E-state index is 13.1. The molecule has 1 amide bonds. The Kier molecular flexibility index (Phi) is 4.96. The minimum Gasteiger partial charge on any atom is -0.334 e. The standard InChI is InChI=1S/C21H23N5O/c1-2-17(16-8-4-3-5-9-16)19-10-6-12-25(19)21(27)18-14-23-20(15-22-18)26-13-7-11-24-26/h3-5,7-9,11,13-15,17,19H,2,6,10,12H2,1H3. The van der Waals surface area contributed by atoms with Crippen LogP contribution < -0.4 is 0 Å². The number of aromatic nitrogens is 4. The van der Waals surface area contributed by atoms with Gasteiger partial charge in [-0.05, 0) is 30.9 Å². The van der Waals surface area contributed by atoms with Crippen molar-refractivity contribution in [2.24, 2.45) is 0 Å². The minimum absolute atomic E-state index is 0.0357. The third kappa shape index (κ3) is 3.47. The van der Waals surface area contributed by atoms with E-state index < -0.39 is 0 Å².